The molecule has 0 saturated carbocycles. The van der Waals surface area contributed by atoms with E-state index in [4.69, 9.17) is 5.11 Å². The van der Waals surface area contributed by atoms with Gasteiger partial charge in [0.05, 0.1) is 6.54 Å². The van der Waals surface area contributed by atoms with E-state index in [-0.39, 0.29) is 19.0 Å². The summed E-state index contributed by atoms with van der Waals surface area (Å²) in [6.07, 6.45) is 2.17. The van der Waals surface area contributed by atoms with Crippen LogP contribution in [0.4, 0.5) is 0 Å². The van der Waals surface area contributed by atoms with E-state index in [1.165, 1.54) is 16.7 Å². The standard InChI is InChI=1S/C20H23NO2.ClH/c1-21(14-19(22)23)13-17-12-11-15-7-5-6-10-18(15)20(17)16-8-3-2-4-9-16;/h2-10,17,20H,11-14H2,1H3,(H,22,23);1H/t17-,20+;/m1./s1. The number of carbonyl (C=O) groups is 1. The molecule has 2 atom stereocenters. The van der Waals surface area contributed by atoms with Crippen molar-refractivity contribution in [2.75, 3.05) is 20.1 Å². The van der Waals surface area contributed by atoms with Crippen LogP contribution < -0.4 is 0 Å². The van der Waals surface area contributed by atoms with Crippen LogP contribution in [0.15, 0.2) is 54.6 Å². The molecule has 1 N–H and O–H groups in total. The summed E-state index contributed by atoms with van der Waals surface area (Å²) in [7, 11) is 1.90. The Morgan fingerprint density at radius 2 is 1.79 bits per heavy atom. The lowest BCUT2D eigenvalue weighted by Crippen LogP contribution is -2.35. The molecule has 3 rings (SSSR count). The number of likely N-dealkylation sites (N-methyl/N-ethyl adjacent to an activating group) is 1. The van der Waals surface area contributed by atoms with Gasteiger partial charge in [0.15, 0.2) is 0 Å². The SMILES string of the molecule is CN(CC(=O)O)C[C@H]1CCc2ccccc2[C@H]1c1ccccc1.Cl. The molecule has 2 aromatic carbocycles. The van der Waals surface area contributed by atoms with Crippen molar-refractivity contribution in [1.29, 1.82) is 0 Å². The van der Waals surface area contributed by atoms with E-state index >= 15 is 0 Å². The van der Waals surface area contributed by atoms with E-state index < -0.39 is 5.97 Å². The normalized spacial score (nSPS) is 19.4. The molecule has 0 heterocycles. The van der Waals surface area contributed by atoms with Gasteiger partial charge < -0.3 is 5.11 Å². The molecule has 3 nitrogen and oxygen atoms in total. The third kappa shape index (κ3) is 4.16. The molecular weight excluding hydrogens is 322 g/mol. The van der Waals surface area contributed by atoms with Crippen LogP contribution >= 0.6 is 12.4 Å². The number of fused-ring (bicyclic) bond motifs is 1. The number of hydrogen-bond acceptors (Lipinski definition) is 2. The van der Waals surface area contributed by atoms with E-state index in [1.807, 2.05) is 18.0 Å². The Bertz CT molecular complexity index is 674. The van der Waals surface area contributed by atoms with E-state index in [9.17, 15) is 4.79 Å². The largest absolute Gasteiger partial charge is 0.480 e. The monoisotopic (exact) mass is 345 g/mol. The van der Waals surface area contributed by atoms with Crippen LogP contribution in [0.25, 0.3) is 0 Å². The minimum Gasteiger partial charge on any atom is -0.480 e. The second kappa shape index (κ2) is 8.32. The fourth-order valence-electron chi connectivity index (χ4n) is 3.83. The van der Waals surface area contributed by atoms with Gasteiger partial charge >= 0.3 is 5.97 Å². The highest BCUT2D eigenvalue weighted by molar-refractivity contribution is 5.85. The maximum atomic E-state index is 11.0. The Morgan fingerprint density at radius 3 is 2.50 bits per heavy atom. The number of carboxylic acid groups (broad SMARTS) is 1. The molecule has 0 aliphatic heterocycles. The van der Waals surface area contributed by atoms with Crippen LogP contribution in [0, 0.1) is 5.92 Å². The van der Waals surface area contributed by atoms with Crippen molar-refractivity contribution in [3.63, 3.8) is 0 Å². The molecule has 1 aliphatic rings. The Labute approximate surface area is 149 Å². The highest BCUT2D eigenvalue weighted by atomic mass is 35.5. The van der Waals surface area contributed by atoms with Crippen molar-refractivity contribution in [3.8, 4) is 0 Å². The molecule has 0 aromatic heterocycles. The number of rotatable bonds is 5. The first kappa shape index (κ1) is 18.5. The minimum atomic E-state index is -0.764. The van der Waals surface area contributed by atoms with E-state index in [0.717, 1.165) is 19.4 Å². The van der Waals surface area contributed by atoms with Crippen molar-refractivity contribution in [2.45, 2.75) is 18.8 Å². The molecule has 0 fully saturated rings. The lowest BCUT2D eigenvalue weighted by Gasteiger charge is -2.36. The van der Waals surface area contributed by atoms with Crippen LogP contribution in [0.5, 0.6) is 0 Å². The summed E-state index contributed by atoms with van der Waals surface area (Å²) in [5, 5.41) is 9.01. The van der Waals surface area contributed by atoms with Gasteiger partial charge in [0.25, 0.3) is 0 Å². The van der Waals surface area contributed by atoms with Crippen LogP contribution in [0.3, 0.4) is 0 Å². The molecule has 0 radical (unpaired) electrons. The highest BCUT2D eigenvalue weighted by Crippen LogP contribution is 2.41. The van der Waals surface area contributed by atoms with Crippen molar-refractivity contribution < 1.29 is 9.90 Å². The number of aliphatic carboxylic acids is 1. The molecule has 0 saturated heterocycles. The lowest BCUT2D eigenvalue weighted by molar-refractivity contribution is -0.138. The smallest absolute Gasteiger partial charge is 0.317 e. The second-order valence-electron chi connectivity index (χ2n) is 6.48. The quantitative estimate of drug-likeness (QED) is 0.895. The molecule has 0 spiro atoms. The minimum absolute atomic E-state index is 0. The summed E-state index contributed by atoms with van der Waals surface area (Å²) in [4.78, 5) is 12.9. The molecule has 4 heteroatoms. The number of benzene rings is 2. The third-order valence-electron chi connectivity index (χ3n) is 4.76. The fourth-order valence-corrected chi connectivity index (χ4v) is 3.83. The topological polar surface area (TPSA) is 40.5 Å². The number of hydrogen-bond donors (Lipinski definition) is 1. The average molecular weight is 346 g/mol. The Morgan fingerprint density at radius 1 is 1.12 bits per heavy atom. The first-order valence-corrected chi connectivity index (χ1v) is 8.18. The van der Waals surface area contributed by atoms with E-state index in [2.05, 4.69) is 48.5 Å². The molecule has 2 aromatic rings. The zero-order valence-electron chi connectivity index (χ0n) is 13.9. The summed E-state index contributed by atoms with van der Waals surface area (Å²) in [6.45, 7) is 0.903. The van der Waals surface area contributed by atoms with Crippen molar-refractivity contribution in [2.24, 2.45) is 5.92 Å². The first-order chi connectivity index (χ1) is 11.1. The van der Waals surface area contributed by atoms with Gasteiger partial charge in [-0.2, -0.15) is 0 Å². The third-order valence-corrected chi connectivity index (χ3v) is 4.76. The zero-order chi connectivity index (χ0) is 16.2. The fraction of sp³-hybridized carbons (Fsp3) is 0.350. The number of halogens is 1. The average Bonchev–Trinajstić information content (AvgIpc) is 2.54. The van der Waals surface area contributed by atoms with Gasteiger partial charge in [-0.25, -0.2) is 0 Å². The second-order valence-corrected chi connectivity index (χ2v) is 6.48. The maximum absolute atomic E-state index is 11.0. The summed E-state index contributed by atoms with van der Waals surface area (Å²) in [5.41, 5.74) is 4.16. The van der Waals surface area contributed by atoms with Crippen LogP contribution in [-0.4, -0.2) is 36.1 Å². The van der Waals surface area contributed by atoms with Gasteiger partial charge in [-0.3, -0.25) is 9.69 Å². The van der Waals surface area contributed by atoms with Gasteiger partial charge in [0, 0.05) is 12.5 Å². The van der Waals surface area contributed by atoms with Gasteiger partial charge in [-0.05, 0) is 42.5 Å². The molecule has 0 bridgehead atoms. The van der Waals surface area contributed by atoms with Gasteiger partial charge in [0.2, 0.25) is 0 Å². The molecular formula is C20H24ClNO2. The Hall–Kier alpha value is -1.84. The summed E-state index contributed by atoms with van der Waals surface area (Å²) in [5.74, 6) is 0.0222. The summed E-state index contributed by atoms with van der Waals surface area (Å²) < 4.78 is 0. The molecule has 24 heavy (non-hydrogen) atoms. The van der Waals surface area contributed by atoms with Gasteiger partial charge in [-0.15, -0.1) is 12.4 Å². The summed E-state index contributed by atoms with van der Waals surface area (Å²) >= 11 is 0. The molecule has 128 valence electrons. The van der Waals surface area contributed by atoms with Gasteiger partial charge in [-0.1, -0.05) is 54.6 Å². The number of nitrogens with zero attached hydrogens (tertiary/aromatic N) is 1. The molecule has 0 amide bonds. The highest BCUT2D eigenvalue weighted by Gasteiger charge is 2.31. The molecule has 0 unspecified atom stereocenters. The Kier molecular flexibility index (Phi) is 6.41. The number of aryl methyl sites for hydroxylation is 1. The summed E-state index contributed by atoms with van der Waals surface area (Å²) in [6, 6.07) is 19.3. The predicted molar refractivity (Wildman–Crippen MR) is 98.9 cm³/mol. The number of carboxylic acids is 1. The lowest BCUT2D eigenvalue weighted by atomic mass is 9.71. The van der Waals surface area contributed by atoms with Crippen LogP contribution in [0.2, 0.25) is 0 Å². The van der Waals surface area contributed by atoms with Crippen molar-refractivity contribution >= 4 is 18.4 Å². The van der Waals surface area contributed by atoms with E-state index in [0.29, 0.717) is 11.8 Å². The predicted octanol–water partition coefficient (Wildman–Crippen LogP) is 3.82. The molecule has 1 aliphatic carbocycles. The van der Waals surface area contributed by atoms with Crippen molar-refractivity contribution in [3.05, 3.63) is 71.3 Å². The van der Waals surface area contributed by atoms with Crippen LogP contribution in [0.1, 0.15) is 29.0 Å². The zero-order valence-corrected chi connectivity index (χ0v) is 14.7. The van der Waals surface area contributed by atoms with Crippen molar-refractivity contribution in [1.82, 2.24) is 4.90 Å². The van der Waals surface area contributed by atoms with E-state index in [1.54, 1.807) is 0 Å². The maximum Gasteiger partial charge on any atom is 0.317 e. The first-order valence-electron chi connectivity index (χ1n) is 8.18. The van der Waals surface area contributed by atoms with Gasteiger partial charge in [0.1, 0.15) is 0 Å². The Balaban J connectivity index is 0.00000208. The van der Waals surface area contributed by atoms with Crippen LogP contribution in [-0.2, 0) is 11.2 Å².